The number of nitrogens with two attached hydrogens (primary N) is 1. The Kier molecular flexibility index (Phi) is 3.05. The fourth-order valence-corrected chi connectivity index (χ4v) is 3.14. The highest BCUT2D eigenvalue weighted by Gasteiger charge is 2.40. The average molecular weight is 322 g/mol. The molecule has 6 heteroatoms. The van der Waals surface area contributed by atoms with Crippen LogP contribution in [-0.4, -0.2) is 20.2 Å². The van der Waals surface area contributed by atoms with E-state index in [0.717, 1.165) is 35.1 Å². The number of hydrogen-bond acceptors (Lipinski definition) is 4. The maximum Gasteiger partial charge on any atom is 0.183 e. The van der Waals surface area contributed by atoms with Crippen molar-refractivity contribution in [3.63, 3.8) is 0 Å². The molecule has 0 saturated heterocycles. The van der Waals surface area contributed by atoms with Gasteiger partial charge in [0.2, 0.25) is 0 Å². The second-order valence-electron chi connectivity index (χ2n) is 5.05. The zero-order valence-electron chi connectivity index (χ0n) is 10.8. The summed E-state index contributed by atoms with van der Waals surface area (Å²) in [6.07, 6.45) is 4.57. The highest BCUT2D eigenvalue weighted by Crippen LogP contribution is 2.44. The van der Waals surface area contributed by atoms with Gasteiger partial charge in [-0.25, -0.2) is 4.68 Å². The normalized spacial score (nSPS) is 17.2. The number of halogens is 1. The van der Waals surface area contributed by atoms with Crippen molar-refractivity contribution in [2.24, 2.45) is 0 Å². The molecule has 1 aliphatic rings. The minimum Gasteiger partial charge on any atom is -0.398 e. The number of rotatable bonds is 3. The monoisotopic (exact) mass is 321 g/mol. The number of benzene rings is 1. The van der Waals surface area contributed by atoms with Gasteiger partial charge < -0.3 is 5.73 Å². The topological polar surface area (TPSA) is 69.6 Å². The first-order chi connectivity index (χ1) is 9.18. The molecule has 0 atom stereocenters. The summed E-state index contributed by atoms with van der Waals surface area (Å²) in [6.45, 7) is 2.19. The van der Waals surface area contributed by atoms with Gasteiger partial charge in [-0.15, -0.1) is 5.10 Å². The van der Waals surface area contributed by atoms with Crippen LogP contribution in [0.15, 0.2) is 22.7 Å². The number of nitrogen functional groups attached to an aromatic ring is 1. The molecule has 1 fully saturated rings. The molecule has 0 bridgehead atoms. The third-order valence-corrected chi connectivity index (χ3v) is 5.02. The lowest BCUT2D eigenvalue weighted by atomic mass is 9.75. The Morgan fingerprint density at radius 2 is 2.21 bits per heavy atom. The summed E-state index contributed by atoms with van der Waals surface area (Å²) < 4.78 is 2.84. The van der Waals surface area contributed by atoms with E-state index in [1.54, 1.807) is 0 Å². The summed E-state index contributed by atoms with van der Waals surface area (Å²) in [5, 5.41) is 12.3. The van der Waals surface area contributed by atoms with Crippen LogP contribution in [0.2, 0.25) is 0 Å². The van der Waals surface area contributed by atoms with E-state index in [-0.39, 0.29) is 5.54 Å². The van der Waals surface area contributed by atoms with E-state index in [1.807, 2.05) is 22.9 Å². The molecule has 100 valence electrons. The highest BCUT2D eigenvalue weighted by atomic mass is 79.9. The summed E-state index contributed by atoms with van der Waals surface area (Å²) in [6, 6.07) is 5.78. The third kappa shape index (κ3) is 1.85. The van der Waals surface area contributed by atoms with Gasteiger partial charge in [-0.1, -0.05) is 13.0 Å². The third-order valence-electron chi connectivity index (χ3n) is 4.13. The van der Waals surface area contributed by atoms with E-state index in [9.17, 15) is 0 Å². The Hall–Kier alpha value is -1.43. The van der Waals surface area contributed by atoms with Crippen LogP contribution in [0, 0.1) is 0 Å². The number of nitrogens with zero attached hydrogens (tertiary/aromatic N) is 4. The van der Waals surface area contributed by atoms with Crippen molar-refractivity contribution >= 4 is 21.6 Å². The predicted octanol–water partition coefficient (Wildman–Crippen LogP) is 2.97. The first kappa shape index (κ1) is 12.6. The van der Waals surface area contributed by atoms with Gasteiger partial charge in [0.05, 0.1) is 10.0 Å². The molecule has 0 radical (unpaired) electrons. The molecule has 2 N–H and O–H groups in total. The molecule has 0 unspecified atom stereocenters. The zero-order chi connectivity index (χ0) is 13.5. The van der Waals surface area contributed by atoms with Gasteiger partial charge >= 0.3 is 0 Å². The lowest BCUT2D eigenvalue weighted by molar-refractivity contribution is 0.118. The number of hydrogen-bond donors (Lipinski definition) is 1. The van der Waals surface area contributed by atoms with E-state index >= 15 is 0 Å². The first-order valence-electron chi connectivity index (χ1n) is 6.51. The maximum atomic E-state index is 5.94. The van der Waals surface area contributed by atoms with Crippen molar-refractivity contribution < 1.29 is 0 Å². The lowest BCUT2D eigenvalue weighted by Crippen LogP contribution is -2.41. The molecule has 5 nitrogen and oxygen atoms in total. The van der Waals surface area contributed by atoms with E-state index < -0.39 is 0 Å². The molecule has 1 aromatic heterocycles. The van der Waals surface area contributed by atoms with Crippen LogP contribution in [0.3, 0.4) is 0 Å². The second kappa shape index (κ2) is 4.59. The second-order valence-corrected chi connectivity index (χ2v) is 5.85. The molecule has 1 saturated carbocycles. The van der Waals surface area contributed by atoms with E-state index in [1.165, 1.54) is 6.42 Å². The molecule has 19 heavy (non-hydrogen) atoms. The van der Waals surface area contributed by atoms with Crippen molar-refractivity contribution in [3.8, 4) is 11.4 Å². The van der Waals surface area contributed by atoms with Crippen LogP contribution < -0.4 is 5.73 Å². The van der Waals surface area contributed by atoms with Crippen LogP contribution in [0.25, 0.3) is 11.4 Å². The molecule has 0 amide bonds. The van der Waals surface area contributed by atoms with Gasteiger partial charge in [0.25, 0.3) is 0 Å². The van der Waals surface area contributed by atoms with Crippen LogP contribution in [-0.2, 0) is 5.54 Å². The molecule has 1 heterocycles. The Bertz CT molecular complexity index is 597. The quantitative estimate of drug-likeness (QED) is 0.882. The van der Waals surface area contributed by atoms with Gasteiger partial charge in [0.1, 0.15) is 0 Å². The SMILES string of the molecule is CCC1(n2nnnc2-c2cccc(N)c2Br)CCC1. The Morgan fingerprint density at radius 1 is 1.42 bits per heavy atom. The van der Waals surface area contributed by atoms with Gasteiger partial charge in [-0.3, -0.25) is 0 Å². The van der Waals surface area contributed by atoms with Crippen molar-refractivity contribution in [3.05, 3.63) is 22.7 Å². The predicted molar refractivity (Wildman–Crippen MR) is 77.5 cm³/mol. The Morgan fingerprint density at radius 3 is 2.84 bits per heavy atom. The van der Waals surface area contributed by atoms with Gasteiger partial charge in [0, 0.05) is 11.3 Å². The first-order valence-corrected chi connectivity index (χ1v) is 7.30. The maximum absolute atomic E-state index is 5.94. The van der Waals surface area contributed by atoms with E-state index in [4.69, 9.17) is 5.73 Å². The Labute approximate surface area is 120 Å². The zero-order valence-corrected chi connectivity index (χ0v) is 12.4. The summed E-state index contributed by atoms with van der Waals surface area (Å²) in [5.74, 6) is 0.792. The largest absolute Gasteiger partial charge is 0.398 e. The molecule has 1 aromatic carbocycles. The van der Waals surface area contributed by atoms with Gasteiger partial charge in [-0.05, 0) is 64.2 Å². The Balaban J connectivity index is 2.12. The molecule has 0 spiro atoms. The standard InChI is InChI=1S/C13H16BrN5/c1-2-13(7-4-8-13)19-12(16-17-18-19)9-5-3-6-10(15)11(9)14/h3,5-6H,2,4,7-8,15H2,1H3. The van der Waals surface area contributed by atoms with Crippen LogP contribution in [0.4, 0.5) is 5.69 Å². The average Bonchev–Trinajstić information content (AvgIpc) is 2.82. The summed E-state index contributed by atoms with van der Waals surface area (Å²) >= 11 is 3.53. The number of anilines is 1. The molecule has 1 aliphatic carbocycles. The molecule has 0 aliphatic heterocycles. The fraction of sp³-hybridized carbons (Fsp3) is 0.462. The minimum absolute atomic E-state index is 0.0862. The van der Waals surface area contributed by atoms with E-state index in [2.05, 4.69) is 38.4 Å². The van der Waals surface area contributed by atoms with Crippen LogP contribution in [0.1, 0.15) is 32.6 Å². The van der Waals surface area contributed by atoms with Crippen LogP contribution >= 0.6 is 15.9 Å². The van der Waals surface area contributed by atoms with Gasteiger partial charge in [0.15, 0.2) is 5.82 Å². The number of tetrazole rings is 1. The molecule has 2 aromatic rings. The van der Waals surface area contributed by atoms with Gasteiger partial charge in [-0.2, -0.15) is 0 Å². The fourth-order valence-electron chi connectivity index (χ4n) is 2.70. The van der Waals surface area contributed by atoms with Crippen molar-refractivity contribution in [1.29, 1.82) is 0 Å². The molecular formula is C13H16BrN5. The summed E-state index contributed by atoms with van der Waals surface area (Å²) in [4.78, 5) is 0. The van der Waals surface area contributed by atoms with Crippen molar-refractivity contribution in [1.82, 2.24) is 20.2 Å². The molecular weight excluding hydrogens is 306 g/mol. The highest BCUT2D eigenvalue weighted by molar-refractivity contribution is 9.10. The lowest BCUT2D eigenvalue weighted by Gasteiger charge is -2.41. The molecule has 3 rings (SSSR count). The summed E-state index contributed by atoms with van der Waals surface area (Å²) in [5.41, 5.74) is 7.68. The van der Waals surface area contributed by atoms with E-state index in [0.29, 0.717) is 5.69 Å². The van der Waals surface area contributed by atoms with Crippen molar-refractivity contribution in [2.45, 2.75) is 38.1 Å². The summed E-state index contributed by atoms with van der Waals surface area (Å²) in [7, 11) is 0. The smallest absolute Gasteiger partial charge is 0.183 e. The van der Waals surface area contributed by atoms with Crippen molar-refractivity contribution in [2.75, 3.05) is 5.73 Å². The van der Waals surface area contributed by atoms with Crippen LogP contribution in [0.5, 0.6) is 0 Å². The number of aromatic nitrogens is 4. The minimum atomic E-state index is 0.0862.